The Hall–Kier alpha value is -3.50. The van der Waals surface area contributed by atoms with E-state index in [0.717, 1.165) is 36.8 Å². The molecule has 0 spiro atoms. The van der Waals surface area contributed by atoms with Crippen LogP contribution in [0, 0.1) is 5.82 Å². The fraction of sp³-hybridized carbons (Fsp3) is 0.360. The van der Waals surface area contributed by atoms with Crippen molar-refractivity contribution in [2.75, 3.05) is 38.7 Å². The number of carbonyl (C=O) groups excluding carboxylic acids is 2. The zero-order chi connectivity index (χ0) is 24.4. The molecule has 2 aromatic heterocycles. The minimum atomic E-state index is -0.313. The number of amides is 2. The second-order valence-electron chi connectivity index (χ2n) is 8.69. The van der Waals surface area contributed by atoms with Gasteiger partial charge >= 0.3 is 0 Å². The predicted molar refractivity (Wildman–Crippen MR) is 134 cm³/mol. The van der Waals surface area contributed by atoms with Crippen molar-refractivity contribution in [2.24, 2.45) is 0 Å². The number of benzene rings is 1. The highest BCUT2D eigenvalue weighted by atomic mass is 35.5. The Morgan fingerprint density at radius 3 is 2.86 bits per heavy atom. The summed E-state index contributed by atoms with van der Waals surface area (Å²) in [6, 6.07) is 8.73. The normalized spacial score (nSPS) is 15.9. The average Bonchev–Trinajstić information content (AvgIpc) is 2.88. The van der Waals surface area contributed by atoms with Crippen molar-refractivity contribution in [2.45, 2.75) is 25.3 Å². The number of halogens is 2. The standard InChI is InChI=1S/C25H26FN5O4.ClH/c1-34-16-2-3-20-18(12-16)17(19(26)13-27-20)8-11-31-9-6-15(7-10-31)28-25(33)21-4-5-22-24(29-21)30-23(32)14-35-22;/h2-5,12-13,15H,6-11,14H2,1H3,(H,28,33)(H,29,30,32);1H. The topological polar surface area (TPSA) is 106 Å². The highest BCUT2D eigenvalue weighted by molar-refractivity contribution is 5.97. The second kappa shape index (κ2) is 11.0. The van der Waals surface area contributed by atoms with Crippen molar-refractivity contribution in [1.29, 1.82) is 0 Å². The molecule has 190 valence electrons. The number of nitrogens with one attached hydrogen (secondary N) is 2. The van der Waals surface area contributed by atoms with E-state index in [-0.39, 0.29) is 54.2 Å². The van der Waals surface area contributed by atoms with E-state index in [2.05, 4.69) is 25.5 Å². The van der Waals surface area contributed by atoms with Gasteiger partial charge in [0.2, 0.25) is 0 Å². The van der Waals surface area contributed by atoms with Gasteiger partial charge in [0.1, 0.15) is 17.3 Å². The maximum absolute atomic E-state index is 14.6. The Kier molecular flexibility index (Phi) is 7.85. The molecule has 3 aromatic rings. The van der Waals surface area contributed by atoms with Gasteiger partial charge in [-0.25, -0.2) is 9.37 Å². The molecular formula is C25H27ClFN5O4. The van der Waals surface area contributed by atoms with Crippen LogP contribution < -0.4 is 20.1 Å². The summed E-state index contributed by atoms with van der Waals surface area (Å²) in [5.74, 6) is 0.487. The molecule has 2 amide bonds. The number of likely N-dealkylation sites (tertiary alicyclic amines) is 1. The third kappa shape index (κ3) is 5.50. The molecule has 0 radical (unpaired) electrons. The number of ether oxygens (including phenoxy) is 2. The van der Waals surface area contributed by atoms with Crippen LogP contribution in [0.1, 0.15) is 28.9 Å². The van der Waals surface area contributed by atoms with E-state index in [1.165, 1.54) is 6.20 Å². The average molecular weight is 516 g/mol. The van der Waals surface area contributed by atoms with E-state index >= 15 is 0 Å². The van der Waals surface area contributed by atoms with Gasteiger partial charge in [-0.2, -0.15) is 0 Å². The molecule has 9 nitrogen and oxygen atoms in total. The predicted octanol–water partition coefficient (Wildman–Crippen LogP) is 2.97. The van der Waals surface area contributed by atoms with Crippen LogP contribution in [-0.2, 0) is 11.2 Å². The van der Waals surface area contributed by atoms with Crippen LogP contribution in [0.5, 0.6) is 11.5 Å². The molecule has 1 fully saturated rings. The second-order valence-corrected chi connectivity index (χ2v) is 8.69. The lowest BCUT2D eigenvalue weighted by Gasteiger charge is -2.32. The zero-order valence-electron chi connectivity index (χ0n) is 19.8. The summed E-state index contributed by atoms with van der Waals surface area (Å²) in [6.07, 6.45) is 3.40. The van der Waals surface area contributed by atoms with Crippen molar-refractivity contribution < 1.29 is 23.5 Å². The molecule has 2 aliphatic heterocycles. The number of hydrogen-bond acceptors (Lipinski definition) is 7. The summed E-state index contributed by atoms with van der Waals surface area (Å²) >= 11 is 0. The molecule has 1 aromatic carbocycles. The Morgan fingerprint density at radius 2 is 2.08 bits per heavy atom. The van der Waals surface area contributed by atoms with Crippen molar-refractivity contribution in [3.05, 3.63) is 53.6 Å². The number of pyridine rings is 2. The van der Waals surface area contributed by atoms with Crippen LogP contribution in [0.2, 0.25) is 0 Å². The maximum Gasteiger partial charge on any atom is 0.270 e. The minimum absolute atomic E-state index is 0. The largest absolute Gasteiger partial charge is 0.497 e. The van der Waals surface area contributed by atoms with Gasteiger partial charge in [0.15, 0.2) is 18.2 Å². The molecule has 0 atom stereocenters. The summed E-state index contributed by atoms with van der Waals surface area (Å²) in [5, 5.41) is 6.41. The van der Waals surface area contributed by atoms with Crippen LogP contribution in [0.15, 0.2) is 36.5 Å². The van der Waals surface area contributed by atoms with Gasteiger partial charge in [-0.3, -0.25) is 14.6 Å². The number of nitrogens with zero attached hydrogens (tertiary/aromatic N) is 3. The maximum atomic E-state index is 14.6. The molecule has 0 saturated carbocycles. The first kappa shape index (κ1) is 25.6. The molecule has 2 aliphatic rings. The van der Waals surface area contributed by atoms with E-state index in [1.807, 2.05) is 18.2 Å². The van der Waals surface area contributed by atoms with Crippen LogP contribution in [0.25, 0.3) is 10.9 Å². The van der Waals surface area contributed by atoms with E-state index in [1.54, 1.807) is 19.2 Å². The van der Waals surface area contributed by atoms with E-state index < -0.39 is 0 Å². The summed E-state index contributed by atoms with van der Waals surface area (Å²) in [4.78, 5) is 34.9. The Bertz CT molecular complexity index is 1280. The van der Waals surface area contributed by atoms with Crippen LogP contribution in [0.4, 0.5) is 10.2 Å². The van der Waals surface area contributed by atoms with Gasteiger partial charge < -0.3 is 25.0 Å². The van der Waals surface area contributed by atoms with Gasteiger partial charge in [0.05, 0.1) is 18.8 Å². The van der Waals surface area contributed by atoms with Crippen LogP contribution in [-0.4, -0.2) is 66.1 Å². The molecule has 0 aliphatic carbocycles. The first-order valence-electron chi connectivity index (χ1n) is 11.6. The van der Waals surface area contributed by atoms with E-state index in [0.29, 0.717) is 30.0 Å². The molecule has 4 heterocycles. The zero-order valence-corrected chi connectivity index (χ0v) is 20.6. The molecular weight excluding hydrogens is 489 g/mol. The van der Waals surface area contributed by atoms with Crippen molar-refractivity contribution >= 4 is 40.9 Å². The molecule has 1 saturated heterocycles. The molecule has 0 unspecified atom stereocenters. The highest BCUT2D eigenvalue weighted by Crippen LogP contribution is 2.26. The fourth-order valence-electron chi connectivity index (χ4n) is 4.50. The number of hydrogen-bond donors (Lipinski definition) is 2. The monoisotopic (exact) mass is 515 g/mol. The van der Waals surface area contributed by atoms with Gasteiger partial charge in [-0.1, -0.05) is 0 Å². The van der Waals surface area contributed by atoms with E-state index in [9.17, 15) is 14.0 Å². The molecule has 0 bridgehead atoms. The third-order valence-electron chi connectivity index (χ3n) is 6.44. The SMILES string of the molecule is COc1ccc2ncc(F)c(CCN3CCC(NC(=O)c4ccc5c(n4)NC(=O)CO5)CC3)c2c1.Cl. The molecule has 36 heavy (non-hydrogen) atoms. The number of rotatable bonds is 6. The van der Waals surface area contributed by atoms with Gasteiger partial charge in [-0.15, -0.1) is 12.4 Å². The first-order chi connectivity index (χ1) is 17.0. The smallest absolute Gasteiger partial charge is 0.270 e. The molecule has 5 rings (SSSR count). The summed E-state index contributed by atoms with van der Waals surface area (Å²) in [6.45, 7) is 2.23. The first-order valence-corrected chi connectivity index (χ1v) is 11.6. The highest BCUT2D eigenvalue weighted by Gasteiger charge is 2.24. The van der Waals surface area contributed by atoms with E-state index in [4.69, 9.17) is 9.47 Å². The summed E-state index contributed by atoms with van der Waals surface area (Å²) in [5.41, 5.74) is 1.61. The Morgan fingerprint density at radius 1 is 1.28 bits per heavy atom. The number of aromatic nitrogens is 2. The van der Waals surface area contributed by atoms with Crippen molar-refractivity contribution in [3.63, 3.8) is 0 Å². The lowest BCUT2D eigenvalue weighted by molar-refractivity contribution is -0.118. The van der Waals surface area contributed by atoms with Gasteiger partial charge in [0.25, 0.3) is 11.8 Å². The van der Waals surface area contributed by atoms with Gasteiger partial charge in [-0.05, 0) is 49.6 Å². The van der Waals surface area contributed by atoms with Crippen LogP contribution in [0.3, 0.4) is 0 Å². The summed E-state index contributed by atoms with van der Waals surface area (Å²) in [7, 11) is 1.59. The number of anilines is 1. The lowest BCUT2D eigenvalue weighted by Crippen LogP contribution is -2.45. The Balaban J connectivity index is 0.00000304. The lowest BCUT2D eigenvalue weighted by atomic mass is 10.0. The summed E-state index contributed by atoms with van der Waals surface area (Å²) < 4.78 is 25.2. The third-order valence-corrected chi connectivity index (χ3v) is 6.44. The Labute approximate surface area is 213 Å². The van der Waals surface area contributed by atoms with Crippen molar-refractivity contribution in [1.82, 2.24) is 20.2 Å². The number of methoxy groups -OCH3 is 1. The van der Waals surface area contributed by atoms with Gasteiger partial charge in [0, 0.05) is 36.6 Å². The quantitative estimate of drug-likeness (QED) is 0.520. The number of piperidine rings is 1. The van der Waals surface area contributed by atoms with Crippen molar-refractivity contribution in [3.8, 4) is 11.5 Å². The molecule has 11 heteroatoms. The number of fused-ring (bicyclic) bond motifs is 2. The number of carbonyl (C=O) groups is 2. The van der Waals surface area contributed by atoms with Crippen LogP contribution >= 0.6 is 12.4 Å². The fourth-order valence-corrected chi connectivity index (χ4v) is 4.50. The minimum Gasteiger partial charge on any atom is -0.497 e. The molecule has 2 N–H and O–H groups in total.